The van der Waals surface area contributed by atoms with E-state index < -0.39 is 12.0 Å². The van der Waals surface area contributed by atoms with Crippen LogP contribution in [0.2, 0.25) is 0 Å². The van der Waals surface area contributed by atoms with Crippen molar-refractivity contribution >= 4 is 23.2 Å². The molecule has 0 spiro atoms. The standard InChI is InChI=1S/C14H16N2O4S/c1-8(2)9(6-12(17)18)15-13(19)10-7-21-14(16-10)11-4-3-5-20-11/h3-5,7-9H,6H2,1-2H3,(H,15,19)(H,17,18). The normalized spacial score (nSPS) is 12.3. The minimum atomic E-state index is -0.941. The van der Waals surface area contributed by atoms with Gasteiger partial charge in [-0.2, -0.15) is 0 Å². The molecule has 0 bridgehead atoms. The summed E-state index contributed by atoms with van der Waals surface area (Å²) < 4.78 is 5.22. The Morgan fingerprint density at radius 1 is 1.48 bits per heavy atom. The van der Waals surface area contributed by atoms with Gasteiger partial charge in [-0.25, -0.2) is 4.98 Å². The summed E-state index contributed by atoms with van der Waals surface area (Å²) in [6.07, 6.45) is 1.43. The van der Waals surface area contributed by atoms with E-state index in [9.17, 15) is 9.59 Å². The highest BCUT2D eigenvalue weighted by Crippen LogP contribution is 2.24. The Labute approximate surface area is 125 Å². The maximum absolute atomic E-state index is 12.1. The molecule has 1 amide bonds. The molecule has 6 nitrogen and oxygen atoms in total. The number of aliphatic carboxylic acids is 1. The summed E-state index contributed by atoms with van der Waals surface area (Å²) in [5, 5.41) is 13.8. The van der Waals surface area contributed by atoms with Crippen LogP contribution in [0, 0.1) is 5.92 Å². The van der Waals surface area contributed by atoms with E-state index in [1.165, 1.54) is 17.6 Å². The molecule has 2 heterocycles. The van der Waals surface area contributed by atoms with Gasteiger partial charge in [0.2, 0.25) is 0 Å². The second-order valence-corrected chi connectivity index (χ2v) is 5.80. The monoisotopic (exact) mass is 308 g/mol. The maximum atomic E-state index is 12.1. The van der Waals surface area contributed by atoms with Crippen LogP contribution < -0.4 is 5.32 Å². The van der Waals surface area contributed by atoms with Gasteiger partial charge in [0.25, 0.3) is 5.91 Å². The van der Waals surface area contributed by atoms with Crippen LogP contribution in [0.1, 0.15) is 30.8 Å². The van der Waals surface area contributed by atoms with Crippen LogP contribution in [0.25, 0.3) is 10.8 Å². The molecule has 0 aliphatic rings. The molecular formula is C14H16N2O4S. The third-order valence-electron chi connectivity index (χ3n) is 2.98. The Hall–Kier alpha value is -2.15. The molecule has 2 aromatic heterocycles. The van der Waals surface area contributed by atoms with Crippen molar-refractivity contribution < 1.29 is 19.1 Å². The van der Waals surface area contributed by atoms with E-state index in [1.807, 2.05) is 13.8 Å². The number of thiazole rings is 1. The molecule has 2 aromatic rings. The number of nitrogens with one attached hydrogen (secondary N) is 1. The van der Waals surface area contributed by atoms with Gasteiger partial charge in [0.15, 0.2) is 10.8 Å². The Balaban J connectivity index is 2.07. The molecule has 112 valence electrons. The quantitative estimate of drug-likeness (QED) is 0.855. The van der Waals surface area contributed by atoms with E-state index >= 15 is 0 Å². The van der Waals surface area contributed by atoms with Crippen molar-refractivity contribution in [2.24, 2.45) is 5.92 Å². The molecule has 1 unspecified atom stereocenters. The third-order valence-corrected chi connectivity index (χ3v) is 3.84. The van der Waals surface area contributed by atoms with Gasteiger partial charge in [-0.15, -0.1) is 11.3 Å². The van der Waals surface area contributed by atoms with E-state index in [2.05, 4.69) is 10.3 Å². The molecule has 2 N–H and O–H groups in total. The average molecular weight is 308 g/mol. The Morgan fingerprint density at radius 3 is 2.81 bits per heavy atom. The SMILES string of the molecule is CC(C)C(CC(=O)O)NC(=O)c1csc(-c2ccco2)n1. The molecule has 1 atom stereocenters. The van der Waals surface area contributed by atoms with E-state index in [4.69, 9.17) is 9.52 Å². The molecule has 0 aliphatic carbocycles. The highest BCUT2D eigenvalue weighted by atomic mass is 32.1. The number of carbonyl (C=O) groups is 2. The maximum Gasteiger partial charge on any atom is 0.305 e. The summed E-state index contributed by atoms with van der Waals surface area (Å²) in [4.78, 5) is 27.2. The zero-order valence-electron chi connectivity index (χ0n) is 11.7. The van der Waals surface area contributed by atoms with Gasteiger partial charge in [-0.3, -0.25) is 9.59 Å². The van der Waals surface area contributed by atoms with E-state index in [1.54, 1.807) is 17.5 Å². The first-order valence-electron chi connectivity index (χ1n) is 6.49. The predicted molar refractivity (Wildman–Crippen MR) is 78.2 cm³/mol. The lowest BCUT2D eigenvalue weighted by Crippen LogP contribution is -2.40. The van der Waals surface area contributed by atoms with Gasteiger partial charge in [0.1, 0.15) is 5.69 Å². The van der Waals surface area contributed by atoms with Crippen molar-refractivity contribution in [1.29, 1.82) is 0 Å². The number of hydrogen-bond donors (Lipinski definition) is 2. The number of rotatable bonds is 6. The van der Waals surface area contributed by atoms with Gasteiger partial charge in [-0.05, 0) is 18.1 Å². The van der Waals surface area contributed by atoms with Crippen LogP contribution in [-0.2, 0) is 4.79 Å². The van der Waals surface area contributed by atoms with E-state index in [-0.39, 0.29) is 23.9 Å². The molecule has 0 aromatic carbocycles. The first-order chi connectivity index (χ1) is 9.97. The molecule has 0 aliphatic heterocycles. The Bertz CT molecular complexity index is 619. The summed E-state index contributed by atoms with van der Waals surface area (Å²) in [5.41, 5.74) is 0.266. The van der Waals surface area contributed by atoms with Crippen LogP contribution in [0.15, 0.2) is 28.2 Å². The number of carbonyl (C=O) groups excluding carboxylic acids is 1. The lowest BCUT2D eigenvalue weighted by molar-refractivity contribution is -0.137. The summed E-state index contributed by atoms with van der Waals surface area (Å²) >= 11 is 1.30. The number of hydrogen-bond acceptors (Lipinski definition) is 5. The fraction of sp³-hybridized carbons (Fsp3) is 0.357. The van der Waals surface area contributed by atoms with Crippen LogP contribution in [0.4, 0.5) is 0 Å². The highest BCUT2D eigenvalue weighted by Gasteiger charge is 2.21. The molecule has 7 heteroatoms. The smallest absolute Gasteiger partial charge is 0.305 e. The van der Waals surface area contributed by atoms with Crippen LogP contribution in [0.3, 0.4) is 0 Å². The van der Waals surface area contributed by atoms with Gasteiger partial charge < -0.3 is 14.8 Å². The first-order valence-corrected chi connectivity index (χ1v) is 7.37. The molecule has 2 rings (SSSR count). The number of carboxylic acid groups (broad SMARTS) is 1. The third kappa shape index (κ3) is 3.91. The molecule has 0 saturated heterocycles. The van der Waals surface area contributed by atoms with Crippen LogP contribution >= 0.6 is 11.3 Å². The average Bonchev–Trinajstić information content (AvgIpc) is 3.08. The Morgan fingerprint density at radius 2 is 2.24 bits per heavy atom. The number of carboxylic acids is 1. The second-order valence-electron chi connectivity index (χ2n) is 4.94. The van der Waals surface area contributed by atoms with E-state index in [0.29, 0.717) is 10.8 Å². The number of aromatic nitrogens is 1. The fourth-order valence-electron chi connectivity index (χ4n) is 1.78. The summed E-state index contributed by atoms with van der Waals surface area (Å²) in [6.45, 7) is 3.73. The second kappa shape index (κ2) is 6.53. The minimum absolute atomic E-state index is 0.0215. The largest absolute Gasteiger partial charge is 0.481 e. The van der Waals surface area contributed by atoms with Crippen molar-refractivity contribution in [3.63, 3.8) is 0 Å². The number of nitrogens with zero attached hydrogens (tertiary/aromatic N) is 1. The summed E-state index contributed by atoms with van der Waals surface area (Å²) in [7, 11) is 0. The van der Waals surface area contributed by atoms with Gasteiger partial charge >= 0.3 is 5.97 Å². The summed E-state index contributed by atoms with van der Waals surface area (Å²) in [6, 6.07) is 3.09. The fourth-order valence-corrected chi connectivity index (χ4v) is 2.54. The summed E-state index contributed by atoms with van der Waals surface area (Å²) in [5.74, 6) is -0.689. The van der Waals surface area contributed by atoms with Gasteiger partial charge in [0.05, 0.1) is 12.7 Å². The lowest BCUT2D eigenvalue weighted by Gasteiger charge is -2.19. The van der Waals surface area contributed by atoms with Gasteiger partial charge in [-0.1, -0.05) is 13.8 Å². The van der Waals surface area contributed by atoms with Crippen molar-refractivity contribution in [2.75, 3.05) is 0 Å². The molecule has 21 heavy (non-hydrogen) atoms. The molecular weight excluding hydrogens is 292 g/mol. The van der Waals surface area contributed by atoms with E-state index in [0.717, 1.165) is 0 Å². The zero-order valence-corrected chi connectivity index (χ0v) is 12.5. The molecule has 0 fully saturated rings. The lowest BCUT2D eigenvalue weighted by atomic mass is 10.0. The Kier molecular flexibility index (Phi) is 4.74. The first kappa shape index (κ1) is 15.2. The van der Waals surface area contributed by atoms with Crippen molar-refractivity contribution in [3.05, 3.63) is 29.5 Å². The van der Waals surface area contributed by atoms with Crippen molar-refractivity contribution in [3.8, 4) is 10.8 Å². The van der Waals surface area contributed by atoms with Crippen LogP contribution in [-0.4, -0.2) is 28.0 Å². The molecule has 0 radical (unpaired) electrons. The zero-order chi connectivity index (χ0) is 15.4. The number of furan rings is 1. The molecule has 0 saturated carbocycles. The topological polar surface area (TPSA) is 92.4 Å². The number of amides is 1. The highest BCUT2D eigenvalue weighted by molar-refractivity contribution is 7.13. The van der Waals surface area contributed by atoms with Crippen molar-refractivity contribution in [2.45, 2.75) is 26.3 Å². The van der Waals surface area contributed by atoms with Crippen LogP contribution in [0.5, 0.6) is 0 Å². The predicted octanol–water partition coefficient (Wildman–Crippen LogP) is 2.63. The van der Waals surface area contributed by atoms with Crippen molar-refractivity contribution in [1.82, 2.24) is 10.3 Å². The van der Waals surface area contributed by atoms with Gasteiger partial charge in [0, 0.05) is 11.4 Å². The minimum Gasteiger partial charge on any atom is -0.481 e.